The average molecular weight is 377 g/mol. The van der Waals surface area contributed by atoms with Crippen molar-refractivity contribution < 1.29 is 18.0 Å². The number of alkyl halides is 3. The lowest BCUT2D eigenvalue weighted by molar-refractivity contribution is -0.137. The third-order valence-corrected chi connectivity index (χ3v) is 3.79. The zero-order valence-electron chi connectivity index (χ0n) is 12.4. The zero-order chi connectivity index (χ0) is 17.9. The highest BCUT2D eigenvalue weighted by molar-refractivity contribution is 6.35. The van der Waals surface area contributed by atoms with Gasteiger partial charge in [0.1, 0.15) is 0 Å². The van der Waals surface area contributed by atoms with E-state index in [-0.39, 0.29) is 5.69 Å². The molecule has 0 unspecified atom stereocenters. The number of benzene rings is 2. The van der Waals surface area contributed by atoms with Crippen molar-refractivity contribution in [3.63, 3.8) is 0 Å². The Morgan fingerprint density at radius 1 is 1.12 bits per heavy atom. The SMILES string of the molecule is C[C@@H](NC(=O)Nc1cccc(C(F)(F)F)c1)c1ccc(Cl)cc1Cl. The predicted molar refractivity (Wildman–Crippen MR) is 88.5 cm³/mol. The van der Waals surface area contributed by atoms with Crippen LogP contribution < -0.4 is 10.6 Å². The number of rotatable bonds is 3. The van der Waals surface area contributed by atoms with Gasteiger partial charge in [-0.1, -0.05) is 35.3 Å². The van der Waals surface area contributed by atoms with Crippen molar-refractivity contribution >= 4 is 34.9 Å². The lowest BCUT2D eigenvalue weighted by atomic mass is 10.1. The molecule has 1 atom stereocenters. The fourth-order valence-corrected chi connectivity index (χ4v) is 2.64. The first-order valence-corrected chi connectivity index (χ1v) is 7.62. The molecule has 0 fully saturated rings. The van der Waals surface area contributed by atoms with Crippen molar-refractivity contribution in [1.29, 1.82) is 0 Å². The van der Waals surface area contributed by atoms with Gasteiger partial charge in [-0.05, 0) is 42.8 Å². The Balaban J connectivity index is 2.05. The molecule has 2 aromatic carbocycles. The minimum Gasteiger partial charge on any atom is -0.331 e. The van der Waals surface area contributed by atoms with Crippen molar-refractivity contribution in [3.8, 4) is 0 Å². The first-order chi connectivity index (χ1) is 11.2. The topological polar surface area (TPSA) is 41.1 Å². The first kappa shape index (κ1) is 18.4. The van der Waals surface area contributed by atoms with Gasteiger partial charge in [0.05, 0.1) is 11.6 Å². The van der Waals surface area contributed by atoms with Crippen molar-refractivity contribution in [1.82, 2.24) is 5.32 Å². The van der Waals surface area contributed by atoms with Crippen LogP contribution in [0, 0.1) is 0 Å². The summed E-state index contributed by atoms with van der Waals surface area (Å²) in [5.41, 5.74) is -0.161. The van der Waals surface area contributed by atoms with Gasteiger partial charge in [-0.15, -0.1) is 0 Å². The third kappa shape index (κ3) is 4.79. The first-order valence-electron chi connectivity index (χ1n) is 6.86. The monoisotopic (exact) mass is 376 g/mol. The van der Waals surface area contributed by atoms with Crippen LogP contribution in [0.15, 0.2) is 42.5 Å². The Morgan fingerprint density at radius 3 is 2.46 bits per heavy atom. The Bertz CT molecular complexity index is 750. The van der Waals surface area contributed by atoms with E-state index in [2.05, 4.69) is 10.6 Å². The minimum atomic E-state index is -4.47. The third-order valence-electron chi connectivity index (χ3n) is 3.22. The second-order valence-electron chi connectivity index (χ2n) is 5.06. The number of carbonyl (C=O) groups is 1. The van der Waals surface area contributed by atoms with E-state index in [4.69, 9.17) is 23.2 Å². The molecule has 0 aliphatic heterocycles. The van der Waals surface area contributed by atoms with Gasteiger partial charge >= 0.3 is 12.2 Å². The second-order valence-corrected chi connectivity index (χ2v) is 5.91. The number of carbonyl (C=O) groups excluding carboxylic acids is 1. The minimum absolute atomic E-state index is 0.0386. The van der Waals surface area contributed by atoms with Crippen LogP contribution in [0.25, 0.3) is 0 Å². The van der Waals surface area contributed by atoms with Gasteiger partial charge in [-0.3, -0.25) is 0 Å². The van der Waals surface area contributed by atoms with Crippen LogP contribution in [-0.2, 0) is 6.18 Å². The molecular formula is C16H13Cl2F3N2O. The lowest BCUT2D eigenvalue weighted by Crippen LogP contribution is -2.31. The largest absolute Gasteiger partial charge is 0.416 e. The molecule has 0 saturated carbocycles. The molecule has 0 bridgehead atoms. The van der Waals surface area contributed by atoms with Gasteiger partial charge in [0.2, 0.25) is 0 Å². The number of nitrogens with one attached hydrogen (secondary N) is 2. The van der Waals surface area contributed by atoms with Crippen molar-refractivity contribution in [2.24, 2.45) is 0 Å². The van der Waals surface area contributed by atoms with Gasteiger partial charge in [0.25, 0.3) is 0 Å². The number of hydrogen-bond acceptors (Lipinski definition) is 1. The zero-order valence-corrected chi connectivity index (χ0v) is 13.9. The Morgan fingerprint density at radius 2 is 1.83 bits per heavy atom. The van der Waals surface area contributed by atoms with Gasteiger partial charge in [0, 0.05) is 15.7 Å². The molecule has 3 nitrogen and oxygen atoms in total. The number of anilines is 1. The smallest absolute Gasteiger partial charge is 0.331 e. The summed E-state index contributed by atoms with van der Waals surface area (Å²) in [5, 5.41) is 5.82. The molecule has 0 radical (unpaired) electrons. The van der Waals surface area contributed by atoms with E-state index in [0.717, 1.165) is 12.1 Å². The van der Waals surface area contributed by atoms with E-state index in [9.17, 15) is 18.0 Å². The van der Waals surface area contributed by atoms with E-state index in [1.54, 1.807) is 25.1 Å². The van der Waals surface area contributed by atoms with E-state index in [1.165, 1.54) is 12.1 Å². The fourth-order valence-electron chi connectivity index (χ4n) is 2.07. The Labute approximate surface area is 146 Å². The molecule has 2 rings (SSSR count). The summed E-state index contributed by atoms with van der Waals surface area (Å²) in [6.45, 7) is 1.70. The quantitative estimate of drug-likeness (QED) is 0.688. The summed E-state index contributed by atoms with van der Waals surface area (Å²) in [5.74, 6) is 0. The van der Waals surface area contributed by atoms with Crippen LogP contribution in [-0.4, -0.2) is 6.03 Å². The Hall–Kier alpha value is -1.92. The number of halogens is 5. The number of hydrogen-bond donors (Lipinski definition) is 2. The van der Waals surface area contributed by atoms with E-state index < -0.39 is 23.8 Å². The van der Waals surface area contributed by atoms with Crippen molar-refractivity contribution in [3.05, 3.63) is 63.6 Å². The molecule has 0 saturated heterocycles. The summed E-state index contributed by atoms with van der Waals surface area (Å²) in [4.78, 5) is 12.0. The summed E-state index contributed by atoms with van der Waals surface area (Å²) >= 11 is 11.9. The van der Waals surface area contributed by atoms with Crippen LogP contribution in [0.5, 0.6) is 0 Å². The number of urea groups is 1. The van der Waals surface area contributed by atoms with Crippen LogP contribution in [0.1, 0.15) is 24.1 Å². The maximum absolute atomic E-state index is 12.7. The van der Waals surface area contributed by atoms with Crippen LogP contribution >= 0.6 is 23.2 Å². The average Bonchev–Trinajstić information content (AvgIpc) is 2.46. The summed E-state index contributed by atoms with van der Waals surface area (Å²) < 4.78 is 38.0. The summed E-state index contributed by atoms with van der Waals surface area (Å²) in [6, 6.07) is 8.12. The molecule has 0 aliphatic rings. The standard InChI is InChI=1S/C16H13Cl2F3N2O/c1-9(13-6-5-11(17)8-14(13)18)22-15(24)23-12-4-2-3-10(7-12)16(19,20)21/h2-9H,1H3,(H2,22,23,24)/t9-/m1/s1. The molecule has 24 heavy (non-hydrogen) atoms. The maximum atomic E-state index is 12.7. The molecule has 128 valence electrons. The van der Waals surface area contributed by atoms with E-state index in [0.29, 0.717) is 15.6 Å². The molecule has 2 aromatic rings. The molecule has 0 heterocycles. The molecule has 0 aliphatic carbocycles. The highest BCUT2D eigenvalue weighted by Gasteiger charge is 2.30. The van der Waals surface area contributed by atoms with Gasteiger partial charge in [0.15, 0.2) is 0 Å². The van der Waals surface area contributed by atoms with E-state index >= 15 is 0 Å². The van der Waals surface area contributed by atoms with Gasteiger partial charge in [-0.25, -0.2) is 4.79 Å². The second kappa shape index (κ2) is 7.32. The van der Waals surface area contributed by atoms with E-state index in [1.807, 2.05) is 0 Å². The van der Waals surface area contributed by atoms with Gasteiger partial charge in [-0.2, -0.15) is 13.2 Å². The summed E-state index contributed by atoms with van der Waals surface area (Å²) in [6.07, 6.45) is -4.47. The van der Waals surface area contributed by atoms with Crippen LogP contribution in [0.2, 0.25) is 10.0 Å². The predicted octanol–water partition coefficient (Wildman–Crippen LogP) is 5.89. The molecule has 2 N–H and O–H groups in total. The Kier molecular flexibility index (Phi) is 5.62. The maximum Gasteiger partial charge on any atom is 0.416 e. The van der Waals surface area contributed by atoms with Crippen molar-refractivity contribution in [2.45, 2.75) is 19.1 Å². The van der Waals surface area contributed by atoms with Crippen LogP contribution in [0.3, 0.4) is 0 Å². The van der Waals surface area contributed by atoms with Crippen LogP contribution in [0.4, 0.5) is 23.7 Å². The van der Waals surface area contributed by atoms with Crippen molar-refractivity contribution in [2.75, 3.05) is 5.32 Å². The summed E-state index contributed by atoms with van der Waals surface area (Å²) in [7, 11) is 0. The number of amides is 2. The highest BCUT2D eigenvalue weighted by atomic mass is 35.5. The normalized spacial score (nSPS) is 12.6. The molecule has 0 aromatic heterocycles. The molecule has 8 heteroatoms. The highest BCUT2D eigenvalue weighted by Crippen LogP contribution is 2.31. The van der Waals surface area contributed by atoms with Gasteiger partial charge < -0.3 is 10.6 Å². The lowest BCUT2D eigenvalue weighted by Gasteiger charge is -2.17. The molecule has 0 spiro atoms. The molecule has 2 amide bonds. The molecular weight excluding hydrogens is 364 g/mol. The fraction of sp³-hybridized carbons (Fsp3) is 0.188.